The highest BCUT2D eigenvalue weighted by molar-refractivity contribution is 5.77. The lowest BCUT2D eigenvalue weighted by molar-refractivity contribution is -0.886. The number of quaternary nitrogens is 1. The van der Waals surface area contributed by atoms with Crippen molar-refractivity contribution in [2.45, 2.75) is 19.4 Å². The Bertz CT molecular complexity index is 805. The van der Waals surface area contributed by atoms with Gasteiger partial charge in [-0.15, -0.1) is 0 Å². The summed E-state index contributed by atoms with van der Waals surface area (Å²) in [5.74, 6) is -1.39. The van der Waals surface area contributed by atoms with Crippen molar-refractivity contribution in [2.24, 2.45) is 0 Å². The lowest BCUT2D eigenvalue weighted by Crippen LogP contribution is -3.13. The molecule has 0 saturated heterocycles. The second kappa shape index (κ2) is 8.23. The molecule has 2 atom stereocenters. The van der Waals surface area contributed by atoms with E-state index in [0.717, 1.165) is 25.6 Å². The first kappa shape index (κ1) is 18.3. The smallest absolute Gasteiger partial charge is 0.275 e. The molecule has 0 saturated carbocycles. The molecule has 136 valence electrons. The van der Waals surface area contributed by atoms with E-state index in [1.54, 1.807) is 6.92 Å². The third kappa shape index (κ3) is 4.55. The highest BCUT2D eigenvalue weighted by Crippen LogP contribution is 2.18. The summed E-state index contributed by atoms with van der Waals surface area (Å²) in [5.41, 5.74) is 2.84. The maximum atomic E-state index is 13.8. The lowest BCUT2D eigenvalue weighted by Gasteiger charge is -2.24. The number of rotatable bonds is 5. The van der Waals surface area contributed by atoms with Gasteiger partial charge in [0.25, 0.3) is 5.91 Å². The van der Waals surface area contributed by atoms with Gasteiger partial charge in [-0.1, -0.05) is 36.4 Å². The van der Waals surface area contributed by atoms with Crippen molar-refractivity contribution in [2.75, 3.05) is 19.6 Å². The number of hydrogen-bond acceptors (Lipinski definition) is 1. The van der Waals surface area contributed by atoms with Gasteiger partial charge >= 0.3 is 0 Å². The Morgan fingerprint density at radius 3 is 2.62 bits per heavy atom. The van der Waals surface area contributed by atoms with Gasteiger partial charge in [-0.05, 0) is 30.2 Å². The topological polar surface area (TPSA) is 33.5 Å². The molecule has 1 amide bonds. The Balaban J connectivity index is 1.53. The molecule has 3 rings (SSSR count). The molecular formula is C21H23F2N2O+. The Labute approximate surface area is 152 Å². The van der Waals surface area contributed by atoms with E-state index < -0.39 is 17.7 Å². The van der Waals surface area contributed by atoms with Gasteiger partial charge in [0, 0.05) is 18.1 Å². The molecule has 26 heavy (non-hydrogen) atoms. The Kier molecular flexibility index (Phi) is 5.78. The molecular weight excluding hydrogens is 334 g/mol. The van der Waals surface area contributed by atoms with Crippen molar-refractivity contribution in [3.63, 3.8) is 0 Å². The fourth-order valence-electron chi connectivity index (χ4n) is 3.31. The molecule has 2 N–H and O–H groups in total. The first-order valence-electron chi connectivity index (χ1n) is 8.85. The highest BCUT2D eigenvalue weighted by Gasteiger charge is 2.21. The van der Waals surface area contributed by atoms with Crippen molar-refractivity contribution < 1.29 is 18.5 Å². The summed E-state index contributed by atoms with van der Waals surface area (Å²) in [5, 5.41) is 2.80. The second-order valence-corrected chi connectivity index (χ2v) is 6.68. The van der Waals surface area contributed by atoms with Gasteiger partial charge in [0.1, 0.15) is 11.6 Å². The molecule has 2 aromatic carbocycles. The van der Waals surface area contributed by atoms with Crippen LogP contribution in [0.2, 0.25) is 0 Å². The fourth-order valence-corrected chi connectivity index (χ4v) is 3.31. The van der Waals surface area contributed by atoms with Crippen molar-refractivity contribution in [1.29, 1.82) is 0 Å². The Hall–Kier alpha value is -2.53. The molecule has 1 unspecified atom stereocenters. The molecule has 1 aliphatic heterocycles. The zero-order chi connectivity index (χ0) is 18.5. The fraction of sp³-hybridized carbons (Fsp3) is 0.286. The van der Waals surface area contributed by atoms with Gasteiger partial charge in [0.2, 0.25) is 0 Å². The molecule has 2 aromatic rings. The third-order valence-electron chi connectivity index (χ3n) is 4.75. The van der Waals surface area contributed by atoms with Crippen LogP contribution in [0, 0.1) is 11.6 Å². The molecule has 1 aliphatic rings. The van der Waals surface area contributed by atoms with E-state index >= 15 is 0 Å². The normalized spacial score (nSPS) is 18.1. The van der Waals surface area contributed by atoms with Gasteiger partial charge in [0.05, 0.1) is 19.1 Å². The van der Waals surface area contributed by atoms with Crippen LogP contribution in [0.1, 0.15) is 30.5 Å². The van der Waals surface area contributed by atoms with Crippen LogP contribution in [-0.2, 0) is 4.79 Å². The summed E-state index contributed by atoms with van der Waals surface area (Å²) in [6.07, 6.45) is 3.11. The maximum Gasteiger partial charge on any atom is 0.275 e. The molecule has 0 radical (unpaired) electrons. The maximum absolute atomic E-state index is 13.8. The number of carbonyl (C=O) groups excluding carboxylic acids is 1. The van der Waals surface area contributed by atoms with E-state index in [1.807, 2.05) is 18.2 Å². The SMILES string of the molecule is C[C@H](NC(=O)C[NH+]1CC=C(c2ccccc2)CC1)c1ccc(F)cc1F. The van der Waals surface area contributed by atoms with Crippen LogP contribution in [0.15, 0.2) is 54.6 Å². The van der Waals surface area contributed by atoms with Crippen molar-refractivity contribution in [3.05, 3.63) is 77.4 Å². The van der Waals surface area contributed by atoms with E-state index in [9.17, 15) is 13.6 Å². The molecule has 1 heterocycles. The van der Waals surface area contributed by atoms with Crippen molar-refractivity contribution in [1.82, 2.24) is 5.32 Å². The van der Waals surface area contributed by atoms with E-state index in [1.165, 1.54) is 28.2 Å². The standard InChI is InChI=1S/C21H22F2N2O/c1-15(19-8-7-18(22)13-20(19)23)24-21(26)14-25-11-9-17(10-12-25)16-5-3-2-4-6-16/h2-9,13,15H,10-12,14H2,1H3,(H,24,26)/p+1/t15-/m0/s1. The number of benzene rings is 2. The van der Waals surface area contributed by atoms with Gasteiger partial charge in [-0.2, -0.15) is 0 Å². The zero-order valence-electron chi connectivity index (χ0n) is 14.8. The summed E-state index contributed by atoms with van der Waals surface area (Å²) in [7, 11) is 0. The molecule has 0 spiro atoms. The van der Waals surface area contributed by atoms with Gasteiger partial charge in [-0.3, -0.25) is 4.79 Å². The molecule has 0 bridgehead atoms. The number of nitrogens with one attached hydrogen (secondary N) is 2. The quantitative estimate of drug-likeness (QED) is 0.847. The predicted molar refractivity (Wildman–Crippen MR) is 97.5 cm³/mol. The number of halogens is 2. The number of hydrogen-bond donors (Lipinski definition) is 2. The van der Waals surface area contributed by atoms with Gasteiger partial charge in [0.15, 0.2) is 6.54 Å². The highest BCUT2D eigenvalue weighted by atomic mass is 19.1. The minimum Gasteiger partial charge on any atom is -0.345 e. The third-order valence-corrected chi connectivity index (χ3v) is 4.75. The molecule has 0 aliphatic carbocycles. The average molecular weight is 357 g/mol. The molecule has 5 heteroatoms. The molecule has 0 fully saturated rings. The van der Waals surface area contributed by atoms with Crippen LogP contribution in [0.3, 0.4) is 0 Å². The summed E-state index contributed by atoms with van der Waals surface area (Å²) in [6.45, 7) is 3.71. The number of amides is 1. The van der Waals surface area contributed by atoms with Crippen LogP contribution in [0.5, 0.6) is 0 Å². The van der Waals surface area contributed by atoms with E-state index in [2.05, 4.69) is 23.5 Å². The molecule has 0 aromatic heterocycles. The summed E-state index contributed by atoms with van der Waals surface area (Å²) < 4.78 is 26.8. The minimum atomic E-state index is -0.640. The summed E-state index contributed by atoms with van der Waals surface area (Å²) in [6, 6.07) is 13.2. The Morgan fingerprint density at radius 1 is 1.19 bits per heavy atom. The van der Waals surface area contributed by atoms with Crippen LogP contribution in [-0.4, -0.2) is 25.5 Å². The Morgan fingerprint density at radius 2 is 1.96 bits per heavy atom. The van der Waals surface area contributed by atoms with Crippen molar-refractivity contribution in [3.8, 4) is 0 Å². The van der Waals surface area contributed by atoms with Gasteiger partial charge in [-0.25, -0.2) is 8.78 Å². The van der Waals surface area contributed by atoms with Crippen LogP contribution >= 0.6 is 0 Å². The first-order chi connectivity index (χ1) is 12.5. The average Bonchev–Trinajstić information content (AvgIpc) is 2.63. The largest absolute Gasteiger partial charge is 0.345 e. The van der Waals surface area contributed by atoms with Crippen molar-refractivity contribution >= 4 is 11.5 Å². The van der Waals surface area contributed by atoms with E-state index in [0.29, 0.717) is 12.1 Å². The van der Waals surface area contributed by atoms with Crippen LogP contribution in [0.4, 0.5) is 8.78 Å². The van der Waals surface area contributed by atoms with E-state index in [4.69, 9.17) is 0 Å². The predicted octanol–water partition coefficient (Wildman–Crippen LogP) is 2.51. The summed E-state index contributed by atoms with van der Waals surface area (Å²) >= 11 is 0. The monoisotopic (exact) mass is 357 g/mol. The van der Waals surface area contributed by atoms with Crippen LogP contribution < -0.4 is 10.2 Å². The lowest BCUT2D eigenvalue weighted by atomic mass is 9.99. The van der Waals surface area contributed by atoms with Gasteiger partial charge < -0.3 is 10.2 Å². The van der Waals surface area contributed by atoms with E-state index in [-0.39, 0.29) is 5.91 Å². The zero-order valence-corrected chi connectivity index (χ0v) is 14.8. The van der Waals surface area contributed by atoms with Crippen LogP contribution in [0.25, 0.3) is 5.57 Å². The molecule has 3 nitrogen and oxygen atoms in total. The number of carbonyl (C=O) groups is 1. The first-order valence-corrected chi connectivity index (χ1v) is 8.85. The minimum absolute atomic E-state index is 0.132. The summed E-state index contributed by atoms with van der Waals surface area (Å²) in [4.78, 5) is 13.5. The second-order valence-electron chi connectivity index (χ2n) is 6.68.